The molecule has 9 heteroatoms. The van der Waals surface area contributed by atoms with Crippen LogP contribution in [0.2, 0.25) is 10.0 Å². The Morgan fingerprint density at radius 2 is 1.92 bits per heavy atom. The van der Waals surface area contributed by atoms with Gasteiger partial charge in [0.1, 0.15) is 12.7 Å². The maximum atomic E-state index is 13.2. The quantitative estimate of drug-likeness (QED) is 0.475. The SMILES string of the molecule is O=c1c2cc(Br)ccc2nc(-n2cncn2)n1-c1ccc(Cl)cc1Cl. The van der Waals surface area contributed by atoms with Gasteiger partial charge < -0.3 is 0 Å². The molecule has 124 valence electrons. The van der Waals surface area contributed by atoms with Crippen LogP contribution in [0, 0.1) is 0 Å². The Morgan fingerprint density at radius 3 is 2.64 bits per heavy atom. The Balaban J connectivity index is 2.15. The van der Waals surface area contributed by atoms with Crippen molar-refractivity contribution in [2.75, 3.05) is 0 Å². The van der Waals surface area contributed by atoms with Crippen LogP contribution in [0.4, 0.5) is 0 Å². The first-order valence-corrected chi connectivity index (χ1v) is 8.62. The summed E-state index contributed by atoms with van der Waals surface area (Å²) >= 11 is 15.7. The second kappa shape index (κ2) is 6.25. The smallest absolute Gasteiger partial charge is 0.267 e. The molecule has 4 aromatic rings. The third kappa shape index (κ3) is 2.84. The van der Waals surface area contributed by atoms with E-state index >= 15 is 0 Å². The van der Waals surface area contributed by atoms with Gasteiger partial charge in [-0.05, 0) is 36.4 Å². The van der Waals surface area contributed by atoms with Gasteiger partial charge in [-0.1, -0.05) is 39.1 Å². The normalized spacial score (nSPS) is 11.2. The Hall–Kier alpha value is -2.22. The predicted molar refractivity (Wildman–Crippen MR) is 100.0 cm³/mol. The maximum absolute atomic E-state index is 13.2. The van der Waals surface area contributed by atoms with Crippen molar-refractivity contribution >= 4 is 50.0 Å². The van der Waals surface area contributed by atoms with Crippen LogP contribution in [0.25, 0.3) is 22.5 Å². The van der Waals surface area contributed by atoms with Crippen LogP contribution < -0.4 is 5.56 Å². The van der Waals surface area contributed by atoms with Crippen LogP contribution in [0.5, 0.6) is 0 Å². The van der Waals surface area contributed by atoms with E-state index in [1.54, 1.807) is 30.3 Å². The molecule has 0 fully saturated rings. The Labute approximate surface area is 159 Å². The number of hydrogen-bond acceptors (Lipinski definition) is 4. The van der Waals surface area contributed by atoms with Crippen LogP contribution >= 0.6 is 39.1 Å². The van der Waals surface area contributed by atoms with Crippen molar-refractivity contribution in [3.8, 4) is 11.6 Å². The minimum Gasteiger partial charge on any atom is -0.268 e. The fourth-order valence-corrected chi connectivity index (χ4v) is 3.35. The summed E-state index contributed by atoms with van der Waals surface area (Å²) < 4.78 is 3.58. The summed E-state index contributed by atoms with van der Waals surface area (Å²) in [6.07, 6.45) is 2.83. The van der Waals surface area contributed by atoms with Crippen molar-refractivity contribution in [2.24, 2.45) is 0 Å². The molecule has 0 saturated heterocycles. The molecule has 0 saturated carbocycles. The van der Waals surface area contributed by atoms with Gasteiger partial charge in [-0.3, -0.25) is 4.79 Å². The number of rotatable bonds is 2. The second-order valence-corrected chi connectivity index (χ2v) is 6.91. The lowest BCUT2D eigenvalue weighted by Gasteiger charge is -2.14. The topological polar surface area (TPSA) is 65.6 Å². The van der Waals surface area contributed by atoms with E-state index in [0.29, 0.717) is 26.6 Å². The van der Waals surface area contributed by atoms with Gasteiger partial charge in [-0.15, -0.1) is 0 Å². The summed E-state index contributed by atoms with van der Waals surface area (Å²) in [5.41, 5.74) is 0.719. The van der Waals surface area contributed by atoms with Crippen LogP contribution in [-0.2, 0) is 0 Å². The number of benzene rings is 2. The van der Waals surface area contributed by atoms with Crippen LogP contribution in [0.15, 0.2) is 58.3 Å². The molecule has 6 nitrogen and oxygen atoms in total. The van der Waals surface area contributed by atoms with Crippen molar-refractivity contribution in [1.82, 2.24) is 24.3 Å². The summed E-state index contributed by atoms with van der Waals surface area (Å²) in [5, 5.41) is 5.34. The largest absolute Gasteiger partial charge is 0.268 e. The number of hydrogen-bond donors (Lipinski definition) is 0. The Bertz CT molecular complexity index is 1160. The molecular formula is C16H8BrCl2N5O. The van der Waals surface area contributed by atoms with E-state index in [1.807, 2.05) is 6.07 Å². The van der Waals surface area contributed by atoms with E-state index in [4.69, 9.17) is 23.2 Å². The van der Waals surface area contributed by atoms with Gasteiger partial charge in [0.2, 0.25) is 5.95 Å². The first-order chi connectivity index (χ1) is 12.0. The van der Waals surface area contributed by atoms with Crippen LogP contribution in [0.3, 0.4) is 0 Å². The molecule has 2 heterocycles. The lowest BCUT2D eigenvalue weighted by atomic mass is 10.2. The molecule has 25 heavy (non-hydrogen) atoms. The third-order valence-electron chi connectivity index (χ3n) is 3.59. The third-order valence-corrected chi connectivity index (χ3v) is 4.62. The summed E-state index contributed by atoms with van der Waals surface area (Å²) in [6, 6.07) is 10.2. The van der Waals surface area contributed by atoms with Crippen molar-refractivity contribution in [3.63, 3.8) is 0 Å². The molecule has 0 unspecified atom stereocenters. The van der Waals surface area contributed by atoms with Gasteiger partial charge in [0.15, 0.2) is 0 Å². The van der Waals surface area contributed by atoms with Crippen molar-refractivity contribution < 1.29 is 0 Å². The average Bonchev–Trinajstić information content (AvgIpc) is 3.11. The Morgan fingerprint density at radius 1 is 1.08 bits per heavy atom. The summed E-state index contributed by atoms with van der Waals surface area (Å²) in [7, 11) is 0. The first kappa shape index (κ1) is 16.3. The monoisotopic (exact) mass is 435 g/mol. The van der Waals surface area contributed by atoms with E-state index in [9.17, 15) is 4.79 Å². The van der Waals surface area contributed by atoms with E-state index in [1.165, 1.54) is 21.9 Å². The van der Waals surface area contributed by atoms with E-state index in [2.05, 4.69) is 31.0 Å². The van der Waals surface area contributed by atoms with Gasteiger partial charge in [0.05, 0.1) is 21.6 Å². The van der Waals surface area contributed by atoms with E-state index in [-0.39, 0.29) is 11.5 Å². The molecule has 2 aromatic carbocycles. The van der Waals surface area contributed by atoms with Crippen LogP contribution in [0.1, 0.15) is 0 Å². The molecule has 0 atom stereocenters. The lowest BCUT2D eigenvalue weighted by Crippen LogP contribution is -2.25. The zero-order valence-electron chi connectivity index (χ0n) is 12.4. The van der Waals surface area contributed by atoms with Crippen molar-refractivity contribution in [2.45, 2.75) is 0 Å². The van der Waals surface area contributed by atoms with Crippen molar-refractivity contribution in [3.05, 3.63) is 73.9 Å². The molecule has 0 N–H and O–H groups in total. The van der Waals surface area contributed by atoms with E-state index < -0.39 is 0 Å². The molecule has 0 aliphatic carbocycles. The minimum absolute atomic E-state index is 0.277. The highest BCUT2D eigenvalue weighted by atomic mass is 79.9. The molecule has 2 aromatic heterocycles. The molecule has 0 aliphatic heterocycles. The van der Waals surface area contributed by atoms with E-state index in [0.717, 1.165) is 4.47 Å². The van der Waals surface area contributed by atoms with Gasteiger partial charge in [0.25, 0.3) is 5.56 Å². The summed E-state index contributed by atoms with van der Waals surface area (Å²) in [6.45, 7) is 0. The summed E-state index contributed by atoms with van der Waals surface area (Å²) in [4.78, 5) is 21.7. The molecule has 0 aliphatic rings. The number of halogens is 3. The average molecular weight is 437 g/mol. The van der Waals surface area contributed by atoms with Gasteiger partial charge in [0, 0.05) is 9.50 Å². The molecule has 0 amide bonds. The Kier molecular flexibility index (Phi) is 4.07. The highest BCUT2D eigenvalue weighted by Gasteiger charge is 2.17. The number of fused-ring (bicyclic) bond motifs is 1. The molecule has 0 radical (unpaired) electrons. The standard InChI is InChI=1S/C16H8BrCl2N5O/c17-9-1-3-13-11(5-9)15(25)24(14-4-2-10(18)6-12(14)19)16(22-13)23-8-20-7-21-23/h1-8H. The summed E-state index contributed by atoms with van der Waals surface area (Å²) in [5.74, 6) is 0.279. The van der Waals surface area contributed by atoms with Crippen LogP contribution in [-0.4, -0.2) is 24.3 Å². The molecular weight excluding hydrogens is 429 g/mol. The van der Waals surface area contributed by atoms with Gasteiger partial charge >= 0.3 is 0 Å². The molecule has 0 bridgehead atoms. The fraction of sp³-hybridized carbons (Fsp3) is 0. The number of aromatic nitrogens is 5. The lowest BCUT2D eigenvalue weighted by molar-refractivity contribution is 0.761. The minimum atomic E-state index is -0.277. The highest BCUT2D eigenvalue weighted by molar-refractivity contribution is 9.10. The first-order valence-electron chi connectivity index (χ1n) is 7.07. The number of nitrogens with zero attached hydrogens (tertiary/aromatic N) is 5. The van der Waals surface area contributed by atoms with Gasteiger partial charge in [-0.25, -0.2) is 14.5 Å². The van der Waals surface area contributed by atoms with Gasteiger partial charge in [-0.2, -0.15) is 9.78 Å². The molecule has 0 spiro atoms. The molecule has 4 rings (SSSR count). The zero-order valence-corrected chi connectivity index (χ0v) is 15.5. The van der Waals surface area contributed by atoms with Crippen molar-refractivity contribution in [1.29, 1.82) is 0 Å². The maximum Gasteiger partial charge on any atom is 0.267 e. The highest BCUT2D eigenvalue weighted by Crippen LogP contribution is 2.26. The predicted octanol–water partition coefficient (Wildman–Crippen LogP) is 4.04. The zero-order chi connectivity index (χ0) is 17.6. The fourth-order valence-electron chi connectivity index (χ4n) is 2.49. The second-order valence-electron chi connectivity index (χ2n) is 5.15.